The van der Waals surface area contributed by atoms with Crippen LogP contribution in [-0.4, -0.2) is 18.4 Å². The number of rotatable bonds is 3. The monoisotopic (exact) mass is 402 g/mol. The molecule has 3 aromatic rings. The van der Waals surface area contributed by atoms with E-state index in [1.54, 1.807) is 41.8 Å². The summed E-state index contributed by atoms with van der Waals surface area (Å²) in [4.78, 5) is 25.3. The van der Waals surface area contributed by atoms with E-state index in [1.807, 2.05) is 30.3 Å². The number of esters is 1. The van der Waals surface area contributed by atoms with Crippen LogP contribution in [0, 0.1) is 0 Å². The van der Waals surface area contributed by atoms with Crippen molar-refractivity contribution in [2.75, 3.05) is 6.61 Å². The highest BCUT2D eigenvalue weighted by Gasteiger charge is 2.28. The van der Waals surface area contributed by atoms with Gasteiger partial charge in [-0.3, -0.25) is 4.79 Å². The molecular weight excluding hydrogens is 388 g/mol. The maximum absolute atomic E-state index is 12.7. The minimum Gasteiger partial charge on any atom is -0.488 e. The van der Waals surface area contributed by atoms with Crippen molar-refractivity contribution < 1.29 is 23.8 Å². The van der Waals surface area contributed by atoms with Gasteiger partial charge in [-0.2, -0.15) is 0 Å². The van der Waals surface area contributed by atoms with Crippen molar-refractivity contribution in [1.29, 1.82) is 0 Å². The van der Waals surface area contributed by atoms with E-state index in [2.05, 4.69) is 0 Å². The van der Waals surface area contributed by atoms with Crippen molar-refractivity contribution in [3.05, 3.63) is 93.4 Å². The molecule has 0 radical (unpaired) electrons. The smallest absolute Gasteiger partial charge is 0.353 e. The predicted molar refractivity (Wildman–Crippen MR) is 109 cm³/mol. The van der Waals surface area contributed by atoms with E-state index >= 15 is 0 Å². The zero-order valence-corrected chi connectivity index (χ0v) is 15.9. The van der Waals surface area contributed by atoms with Crippen LogP contribution in [0.3, 0.4) is 0 Å². The summed E-state index contributed by atoms with van der Waals surface area (Å²) in [6, 6.07) is 15.9. The molecule has 5 rings (SSSR count). The van der Waals surface area contributed by atoms with E-state index in [9.17, 15) is 9.59 Å². The Hall–Kier alpha value is -3.64. The topological polar surface area (TPSA) is 61.8 Å². The summed E-state index contributed by atoms with van der Waals surface area (Å²) in [6.07, 6.45) is 3.66. The number of ether oxygens (including phenoxy) is 3. The Balaban J connectivity index is 1.38. The summed E-state index contributed by atoms with van der Waals surface area (Å²) in [7, 11) is 0. The largest absolute Gasteiger partial charge is 0.488 e. The molecule has 6 heteroatoms. The molecular formula is C23H14O5S. The second-order valence-corrected chi connectivity index (χ2v) is 7.46. The molecule has 29 heavy (non-hydrogen) atoms. The highest BCUT2D eigenvalue weighted by molar-refractivity contribution is 7.12. The molecule has 0 spiro atoms. The van der Waals surface area contributed by atoms with Gasteiger partial charge in [0.1, 0.15) is 28.7 Å². The van der Waals surface area contributed by atoms with Gasteiger partial charge in [-0.15, -0.1) is 11.3 Å². The fourth-order valence-corrected chi connectivity index (χ4v) is 3.77. The van der Waals surface area contributed by atoms with Gasteiger partial charge in [0.15, 0.2) is 5.76 Å². The lowest BCUT2D eigenvalue weighted by Gasteiger charge is -2.15. The molecule has 2 aromatic carbocycles. The number of thiophene rings is 1. The van der Waals surface area contributed by atoms with Crippen molar-refractivity contribution in [3.8, 4) is 17.2 Å². The van der Waals surface area contributed by atoms with Crippen molar-refractivity contribution in [3.63, 3.8) is 0 Å². The van der Waals surface area contributed by atoms with Gasteiger partial charge in [0.25, 0.3) is 0 Å². The molecule has 0 saturated heterocycles. The molecule has 142 valence electrons. The Kier molecular flexibility index (Phi) is 4.26. The van der Waals surface area contributed by atoms with Crippen LogP contribution in [-0.2, 0) is 0 Å². The minimum absolute atomic E-state index is 0.212. The van der Waals surface area contributed by atoms with Gasteiger partial charge >= 0.3 is 5.97 Å². The van der Waals surface area contributed by atoms with Crippen molar-refractivity contribution in [2.24, 2.45) is 0 Å². The van der Waals surface area contributed by atoms with Crippen LogP contribution in [0.5, 0.6) is 17.2 Å². The minimum atomic E-state index is -0.441. The number of allylic oxidation sites excluding steroid dienone is 1. The zero-order chi connectivity index (χ0) is 19.8. The van der Waals surface area contributed by atoms with Crippen LogP contribution in [0.4, 0.5) is 0 Å². The van der Waals surface area contributed by atoms with Gasteiger partial charge in [0, 0.05) is 11.6 Å². The third-order valence-corrected chi connectivity index (χ3v) is 5.39. The van der Waals surface area contributed by atoms with Crippen LogP contribution in [0.2, 0.25) is 0 Å². The molecule has 0 unspecified atom stereocenters. The summed E-state index contributed by atoms with van der Waals surface area (Å²) in [5, 5.41) is 1.81. The fraction of sp³-hybridized carbons (Fsp3) is 0.0435. The first-order valence-corrected chi connectivity index (χ1v) is 9.82. The summed E-state index contributed by atoms with van der Waals surface area (Å²) in [5.41, 5.74) is 2.23. The summed E-state index contributed by atoms with van der Waals surface area (Å²) in [6.45, 7) is 0.358. The van der Waals surface area contributed by atoms with Crippen LogP contribution in [0.15, 0.2) is 77.4 Å². The third-order valence-electron chi connectivity index (χ3n) is 4.55. The van der Waals surface area contributed by atoms with Crippen LogP contribution < -0.4 is 14.2 Å². The Labute approximate surface area is 170 Å². The number of carbonyl (C=O) groups excluding carboxylic acids is 2. The van der Waals surface area contributed by atoms with Gasteiger partial charge in [-0.25, -0.2) is 4.79 Å². The Morgan fingerprint density at radius 2 is 1.97 bits per heavy atom. The number of hydrogen-bond acceptors (Lipinski definition) is 6. The van der Waals surface area contributed by atoms with E-state index in [-0.39, 0.29) is 11.5 Å². The molecule has 0 N–H and O–H groups in total. The lowest BCUT2D eigenvalue weighted by molar-refractivity contribution is 0.0739. The summed E-state index contributed by atoms with van der Waals surface area (Å²) < 4.78 is 16.8. The van der Waals surface area contributed by atoms with Gasteiger partial charge in [0.2, 0.25) is 5.78 Å². The molecule has 0 fully saturated rings. The number of benzene rings is 2. The second kappa shape index (κ2) is 7.07. The molecule has 0 saturated carbocycles. The lowest BCUT2D eigenvalue weighted by atomic mass is 10.1. The number of ketones is 1. The SMILES string of the molecule is O=C(Oc1ccc2c(c1)OC(=CC1=Cc3ccccc3OC1)C2=O)c1cccs1. The van der Waals surface area contributed by atoms with Gasteiger partial charge in [-0.1, -0.05) is 24.3 Å². The lowest BCUT2D eigenvalue weighted by Crippen LogP contribution is -2.08. The molecule has 2 aliphatic heterocycles. The molecule has 3 heterocycles. The van der Waals surface area contributed by atoms with Crippen LogP contribution in [0.25, 0.3) is 6.08 Å². The Morgan fingerprint density at radius 3 is 2.83 bits per heavy atom. The van der Waals surface area contributed by atoms with E-state index in [4.69, 9.17) is 14.2 Å². The second-order valence-electron chi connectivity index (χ2n) is 6.51. The first-order chi connectivity index (χ1) is 14.2. The normalized spacial score (nSPS) is 15.8. The van der Waals surface area contributed by atoms with E-state index in [0.717, 1.165) is 16.9 Å². The number of fused-ring (bicyclic) bond motifs is 2. The summed E-state index contributed by atoms with van der Waals surface area (Å²) in [5.74, 6) is 1.07. The van der Waals surface area contributed by atoms with E-state index in [1.165, 1.54) is 11.3 Å². The third kappa shape index (κ3) is 3.34. The Morgan fingerprint density at radius 1 is 1.07 bits per heavy atom. The maximum Gasteiger partial charge on any atom is 0.353 e. The van der Waals surface area contributed by atoms with Crippen LogP contribution in [0.1, 0.15) is 25.6 Å². The standard InChI is InChI=1S/C23H14O5S/c24-22-17-8-7-16(27-23(25)21-6-3-9-29-21)12-19(17)28-20(22)11-14-10-15-4-1-2-5-18(15)26-13-14/h1-12H,13H2. The first-order valence-electron chi connectivity index (χ1n) is 8.94. The average molecular weight is 402 g/mol. The molecule has 2 aliphatic rings. The predicted octanol–water partition coefficient (Wildman–Crippen LogP) is 4.90. The maximum atomic E-state index is 12.7. The molecule has 0 amide bonds. The van der Waals surface area contributed by atoms with Gasteiger partial charge < -0.3 is 14.2 Å². The van der Waals surface area contributed by atoms with Gasteiger partial charge in [0.05, 0.1) is 5.56 Å². The first kappa shape index (κ1) is 17.5. The van der Waals surface area contributed by atoms with E-state index in [0.29, 0.717) is 28.5 Å². The molecule has 0 atom stereocenters. The zero-order valence-electron chi connectivity index (χ0n) is 15.1. The fourth-order valence-electron chi connectivity index (χ4n) is 3.17. The molecule has 0 bridgehead atoms. The van der Waals surface area contributed by atoms with E-state index < -0.39 is 5.97 Å². The van der Waals surface area contributed by atoms with Crippen molar-refractivity contribution in [1.82, 2.24) is 0 Å². The highest BCUT2D eigenvalue weighted by Crippen LogP contribution is 2.35. The number of hydrogen-bond donors (Lipinski definition) is 0. The molecule has 1 aromatic heterocycles. The van der Waals surface area contributed by atoms with Crippen LogP contribution >= 0.6 is 11.3 Å². The van der Waals surface area contributed by atoms with Gasteiger partial charge in [-0.05, 0) is 47.4 Å². The highest BCUT2D eigenvalue weighted by atomic mass is 32.1. The van der Waals surface area contributed by atoms with Crippen molar-refractivity contribution in [2.45, 2.75) is 0 Å². The Bertz CT molecular complexity index is 1190. The number of para-hydroxylation sites is 1. The quantitative estimate of drug-likeness (QED) is 0.354. The summed E-state index contributed by atoms with van der Waals surface area (Å²) >= 11 is 1.30. The van der Waals surface area contributed by atoms with Crippen molar-refractivity contribution >= 4 is 29.2 Å². The number of carbonyl (C=O) groups is 2. The number of Topliss-reactive ketones (excluding diaryl/α,β-unsaturated/α-hetero) is 1. The molecule has 0 aliphatic carbocycles. The average Bonchev–Trinajstić information content (AvgIpc) is 3.37. The molecule has 5 nitrogen and oxygen atoms in total.